The van der Waals surface area contributed by atoms with Crippen molar-refractivity contribution in [2.24, 2.45) is 11.8 Å². The molecule has 0 amide bonds. The van der Waals surface area contributed by atoms with Crippen molar-refractivity contribution in [1.29, 1.82) is 10.5 Å². The van der Waals surface area contributed by atoms with Crippen LogP contribution in [0.3, 0.4) is 0 Å². The molecular formula is C29H24FN3O2. The Labute approximate surface area is 202 Å². The van der Waals surface area contributed by atoms with Gasteiger partial charge < -0.3 is 10.1 Å². The third-order valence-corrected chi connectivity index (χ3v) is 7.34. The number of nitrogens with one attached hydrogen (secondary N) is 1. The van der Waals surface area contributed by atoms with Crippen LogP contribution >= 0.6 is 0 Å². The van der Waals surface area contributed by atoms with Crippen molar-refractivity contribution in [1.82, 2.24) is 4.98 Å². The summed E-state index contributed by atoms with van der Waals surface area (Å²) in [5.74, 6) is -1.00. The van der Waals surface area contributed by atoms with Gasteiger partial charge >= 0.3 is 5.97 Å². The van der Waals surface area contributed by atoms with E-state index in [0.29, 0.717) is 46.4 Å². The highest BCUT2D eigenvalue weighted by molar-refractivity contribution is 6.05. The molecule has 2 N–H and O–H groups in total. The number of carbonyl (C=O) groups is 1. The lowest BCUT2D eigenvalue weighted by atomic mass is 9.75. The number of halogens is 1. The third kappa shape index (κ3) is 4.13. The van der Waals surface area contributed by atoms with Gasteiger partial charge in [-0.15, -0.1) is 0 Å². The van der Waals surface area contributed by atoms with E-state index in [1.165, 1.54) is 17.7 Å². The van der Waals surface area contributed by atoms with Crippen molar-refractivity contribution < 1.29 is 14.3 Å². The van der Waals surface area contributed by atoms with Crippen LogP contribution in [-0.2, 0) is 4.79 Å². The number of hydrogen-bond donors (Lipinski definition) is 2. The maximum atomic E-state index is 14.3. The van der Waals surface area contributed by atoms with Crippen LogP contribution in [0.4, 0.5) is 4.39 Å². The zero-order valence-corrected chi connectivity index (χ0v) is 19.1. The Morgan fingerprint density at radius 1 is 1.03 bits per heavy atom. The van der Waals surface area contributed by atoms with Gasteiger partial charge in [-0.3, -0.25) is 4.79 Å². The summed E-state index contributed by atoms with van der Waals surface area (Å²) in [6.45, 7) is 0. The number of aromatic nitrogens is 1. The minimum Gasteiger partial charge on any atom is -0.481 e. The van der Waals surface area contributed by atoms with E-state index in [9.17, 15) is 24.8 Å². The summed E-state index contributed by atoms with van der Waals surface area (Å²) in [5.41, 5.74) is 5.65. The Kier molecular flexibility index (Phi) is 5.97. The molecule has 174 valence electrons. The molecule has 0 aliphatic heterocycles. The molecule has 5 nitrogen and oxygen atoms in total. The summed E-state index contributed by atoms with van der Waals surface area (Å²) in [6, 6.07) is 14.0. The Morgan fingerprint density at radius 2 is 1.74 bits per heavy atom. The van der Waals surface area contributed by atoms with E-state index in [0.717, 1.165) is 42.5 Å². The maximum absolute atomic E-state index is 14.3. The van der Waals surface area contributed by atoms with Gasteiger partial charge in [0.15, 0.2) is 0 Å². The van der Waals surface area contributed by atoms with Gasteiger partial charge in [0.25, 0.3) is 0 Å². The van der Waals surface area contributed by atoms with Gasteiger partial charge in [0, 0.05) is 22.0 Å². The number of fused-ring (bicyclic) bond motifs is 1. The molecule has 1 heterocycles. The van der Waals surface area contributed by atoms with E-state index in [1.807, 2.05) is 0 Å². The smallest absolute Gasteiger partial charge is 0.306 e. The molecule has 1 saturated carbocycles. The fraction of sp³-hybridized carbons (Fsp3) is 0.276. The first-order valence-electron chi connectivity index (χ1n) is 11.9. The van der Waals surface area contributed by atoms with Crippen LogP contribution in [0.15, 0.2) is 54.1 Å². The number of carboxylic acid groups (broad SMARTS) is 1. The molecule has 2 aliphatic rings. The predicted octanol–water partition coefficient (Wildman–Crippen LogP) is 6.71. The van der Waals surface area contributed by atoms with Crippen molar-refractivity contribution >= 4 is 22.4 Å². The molecule has 0 unspecified atom stereocenters. The normalized spacial score (nSPS) is 20.0. The number of hydrogen-bond acceptors (Lipinski definition) is 3. The van der Waals surface area contributed by atoms with Crippen molar-refractivity contribution in [2.45, 2.75) is 38.5 Å². The lowest BCUT2D eigenvalue weighted by Gasteiger charge is -2.29. The van der Waals surface area contributed by atoms with Gasteiger partial charge in [-0.25, -0.2) is 4.39 Å². The number of nitrogens with zero attached hydrogens (tertiary/aromatic N) is 2. The van der Waals surface area contributed by atoms with E-state index in [-0.39, 0.29) is 11.7 Å². The molecule has 1 fully saturated rings. The lowest BCUT2D eigenvalue weighted by molar-refractivity contribution is -0.143. The Hall–Kier alpha value is -4.16. The molecule has 0 radical (unpaired) electrons. The van der Waals surface area contributed by atoms with Crippen LogP contribution in [0, 0.1) is 40.3 Å². The first kappa shape index (κ1) is 22.6. The largest absolute Gasteiger partial charge is 0.481 e. The molecule has 6 heteroatoms. The van der Waals surface area contributed by atoms with Gasteiger partial charge in [0.1, 0.15) is 5.82 Å². The molecule has 0 bridgehead atoms. The van der Waals surface area contributed by atoms with Gasteiger partial charge in [-0.1, -0.05) is 23.8 Å². The van der Waals surface area contributed by atoms with Crippen molar-refractivity contribution in [3.8, 4) is 23.3 Å². The summed E-state index contributed by atoms with van der Waals surface area (Å²) in [5, 5.41) is 29.6. The highest BCUT2D eigenvalue weighted by Crippen LogP contribution is 2.43. The first-order valence-corrected chi connectivity index (χ1v) is 11.9. The fourth-order valence-electron chi connectivity index (χ4n) is 5.58. The maximum Gasteiger partial charge on any atom is 0.306 e. The lowest BCUT2D eigenvalue weighted by Crippen LogP contribution is -2.22. The molecule has 2 aliphatic carbocycles. The molecular weight excluding hydrogens is 441 g/mol. The van der Waals surface area contributed by atoms with Gasteiger partial charge in [-0.2, -0.15) is 10.5 Å². The summed E-state index contributed by atoms with van der Waals surface area (Å²) >= 11 is 0. The summed E-state index contributed by atoms with van der Waals surface area (Å²) < 4.78 is 14.3. The van der Waals surface area contributed by atoms with Crippen LogP contribution in [0.1, 0.15) is 55.3 Å². The van der Waals surface area contributed by atoms with Gasteiger partial charge in [0.05, 0.1) is 34.9 Å². The van der Waals surface area contributed by atoms with Gasteiger partial charge in [-0.05, 0) is 80.3 Å². The zero-order valence-electron chi connectivity index (χ0n) is 19.1. The number of H-pyrrole nitrogens is 1. The third-order valence-electron chi connectivity index (χ3n) is 7.34. The summed E-state index contributed by atoms with van der Waals surface area (Å²) in [6.07, 6.45) is 9.16. The number of aliphatic carboxylic acids is 1. The molecule has 35 heavy (non-hydrogen) atoms. The standard InChI is InChI=1S/C29H24FN3O2/c30-23-11-12-25-24(14-23)27(26-21(15-31)5-2-6-22(26)16-32)28(33-25)20-4-1-3-19(13-20)17-7-9-18(10-8-17)29(34)35/h2,4-6,11-14,17-18,33H,1,3,7-10H2,(H,34,35). The van der Waals surface area contributed by atoms with Crippen LogP contribution in [0.25, 0.3) is 27.6 Å². The molecule has 1 aromatic heterocycles. The van der Waals surface area contributed by atoms with E-state index in [1.54, 1.807) is 24.3 Å². The molecule has 5 rings (SSSR count). The van der Waals surface area contributed by atoms with Crippen LogP contribution in [0.2, 0.25) is 0 Å². The van der Waals surface area contributed by atoms with E-state index < -0.39 is 5.97 Å². The Bertz CT molecular complexity index is 1440. The average molecular weight is 466 g/mol. The van der Waals surface area contributed by atoms with Crippen molar-refractivity contribution in [3.05, 3.63) is 76.8 Å². The number of aromatic amines is 1. The number of nitriles is 2. The Morgan fingerprint density at radius 3 is 2.40 bits per heavy atom. The highest BCUT2D eigenvalue weighted by Gasteiger charge is 2.29. The quantitative estimate of drug-likeness (QED) is 0.447. The second-order valence-corrected chi connectivity index (χ2v) is 9.32. The molecule has 3 aromatic rings. The van der Waals surface area contributed by atoms with E-state index in [2.05, 4.69) is 29.3 Å². The van der Waals surface area contributed by atoms with E-state index >= 15 is 0 Å². The van der Waals surface area contributed by atoms with Crippen molar-refractivity contribution in [2.75, 3.05) is 0 Å². The summed E-state index contributed by atoms with van der Waals surface area (Å²) in [4.78, 5) is 14.8. The molecule has 0 spiro atoms. The predicted molar refractivity (Wildman–Crippen MR) is 132 cm³/mol. The minimum absolute atomic E-state index is 0.257. The van der Waals surface area contributed by atoms with Crippen LogP contribution < -0.4 is 0 Å². The minimum atomic E-state index is -0.707. The second kappa shape index (κ2) is 9.24. The number of carboxylic acids is 1. The number of allylic oxidation sites excluding steroid dienone is 4. The second-order valence-electron chi connectivity index (χ2n) is 9.32. The summed E-state index contributed by atoms with van der Waals surface area (Å²) in [7, 11) is 0. The van der Waals surface area contributed by atoms with Crippen LogP contribution in [-0.4, -0.2) is 16.1 Å². The van der Waals surface area contributed by atoms with Crippen LogP contribution in [0.5, 0.6) is 0 Å². The molecule has 0 saturated heterocycles. The fourth-order valence-corrected chi connectivity index (χ4v) is 5.58. The highest BCUT2D eigenvalue weighted by atomic mass is 19.1. The number of benzene rings is 2. The Balaban J connectivity index is 1.64. The molecule has 0 atom stereocenters. The topological polar surface area (TPSA) is 101 Å². The number of rotatable bonds is 4. The monoisotopic (exact) mass is 465 g/mol. The van der Waals surface area contributed by atoms with Gasteiger partial charge in [0.2, 0.25) is 0 Å². The first-order chi connectivity index (χ1) is 17.0. The average Bonchev–Trinajstić information content (AvgIpc) is 3.26. The molecule has 2 aromatic carbocycles. The van der Waals surface area contributed by atoms with E-state index in [4.69, 9.17) is 0 Å². The SMILES string of the molecule is N#Cc1cccc(C#N)c1-c1c(C2=CCCC(C3CCC(C(=O)O)CC3)=C2)[nH]c2ccc(F)cc12. The van der Waals surface area contributed by atoms with Crippen molar-refractivity contribution in [3.63, 3.8) is 0 Å². The zero-order chi connectivity index (χ0) is 24.5.